The van der Waals surface area contributed by atoms with E-state index >= 15 is 0 Å². The van der Waals surface area contributed by atoms with Gasteiger partial charge in [0.05, 0.1) is 12.8 Å². The Kier molecular flexibility index (Phi) is 41.7. The molecule has 0 aliphatic carbocycles. The molecular formula is C37H69F3N2O3. The number of pyridine rings is 1. The first-order valence-electron chi connectivity index (χ1n) is 16.5. The van der Waals surface area contributed by atoms with Crippen LogP contribution in [0.5, 0.6) is 5.88 Å². The fourth-order valence-electron chi connectivity index (χ4n) is 3.46. The Labute approximate surface area is 275 Å². The van der Waals surface area contributed by atoms with E-state index in [0.717, 1.165) is 30.4 Å². The van der Waals surface area contributed by atoms with Crippen molar-refractivity contribution in [1.29, 1.82) is 0 Å². The van der Waals surface area contributed by atoms with Crippen molar-refractivity contribution in [1.82, 2.24) is 10.3 Å². The predicted molar refractivity (Wildman–Crippen MR) is 189 cm³/mol. The standard InChI is InChI=1S/C9H10F3NO.C9H21N.C9H12O.C4H10.C2H4O.2C2H6/c1-2-3-6-4-8(14-9(11)12)13-5-7(6)10;1-5-7-9(3,10-4)8-6-2;1-7-3-4-9(6-10)5-8(7)2;1-4(2)3;1-2-3;2*1-2/h4-5,9H,2-3H2,1H3;10H,5-8H2,1-4H3;3-5,10H,6H2,1-2H3;4H,1-3H3;2H,1H3;2*1-2H3. The Morgan fingerprint density at radius 2 is 1.42 bits per heavy atom. The summed E-state index contributed by atoms with van der Waals surface area (Å²) in [6.07, 6.45) is 7.98. The molecule has 1 aromatic carbocycles. The summed E-state index contributed by atoms with van der Waals surface area (Å²) in [7, 11) is 2.06. The molecule has 5 nitrogen and oxygen atoms in total. The van der Waals surface area contributed by atoms with E-state index in [2.05, 4.69) is 77.5 Å². The number of hydrogen-bond acceptors (Lipinski definition) is 5. The van der Waals surface area contributed by atoms with Crippen LogP contribution >= 0.6 is 0 Å². The van der Waals surface area contributed by atoms with Crippen LogP contribution in [0.1, 0.15) is 137 Å². The Morgan fingerprint density at radius 1 is 0.956 bits per heavy atom. The van der Waals surface area contributed by atoms with E-state index in [1.54, 1.807) is 0 Å². The van der Waals surface area contributed by atoms with E-state index in [-0.39, 0.29) is 12.5 Å². The van der Waals surface area contributed by atoms with Crippen LogP contribution in [0.15, 0.2) is 30.5 Å². The maximum Gasteiger partial charge on any atom is 0.388 e. The number of carbonyl (C=O) groups excluding carboxylic acids is 1. The van der Waals surface area contributed by atoms with Gasteiger partial charge in [-0.3, -0.25) is 0 Å². The second-order valence-corrected chi connectivity index (χ2v) is 10.6. The van der Waals surface area contributed by atoms with Gasteiger partial charge in [-0.2, -0.15) is 8.78 Å². The van der Waals surface area contributed by atoms with Crippen LogP contribution in [-0.2, 0) is 17.8 Å². The monoisotopic (exact) mass is 647 g/mol. The first-order valence-corrected chi connectivity index (χ1v) is 16.5. The summed E-state index contributed by atoms with van der Waals surface area (Å²) in [6.45, 7) is 25.9. The summed E-state index contributed by atoms with van der Waals surface area (Å²) in [5.74, 6) is 0.0957. The third kappa shape index (κ3) is 34.3. The zero-order valence-corrected chi connectivity index (χ0v) is 31.4. The second kappa shape index (κ2) is 36.0. The average Bonchev–Trinajstić information content (AvgIpc) is 2.99. The molecule has 0 radical (unpaired) electrons. The van der Waals surface area contributed by atoms with Crippen molar-refractivity contribution in [2.45, 2.75) is 154 Å². The predicted octanol–water partition coefficient (Wildman–Crippen LogP) is 11.1. The van der Waals surface area contributed by atoms with Crippen molar-refractivity contribution in [3.05, 3.63) is 58.5 Å². The summed E-state index contributed by atoms with van der Waals surface area (Å²) in [5, 5.41) is 12.1. The van der Waals surface area contributed by atoms with Crippen LogP contribution < -0.4 is 10.1 Å². The van der Waals surface area contributed by atoms with Crippen molar-refractivity contribution in [2.75, 3.05) is 7.05 Å². The van der Waals surface area contributed by atoms with Gasteiger partial charge in [-0.25, -0.2) is 9.37 Å². The number of ether oxygens (including phenoxy) is 1. The minimum Gasteiger partial charge on any atom is -0.417 e. The molecule has 0 aliphatic rings. The quantitative estimate of drug-likeness (QED) is 0.251. The van der Waals surface area contributed by atoms with E-state index in [0.29, 0.717) is 17.5 Å². The van der Waals surface area contributed by atoms with Gasteiger partial charge in [-0.1, -0.05) is 107 Å². The summed E-state index contributed by atoms with van der Waals surface area (Å²) < 4.78 is 40.6. The minimum atomic E-state index is -2.93. The lowest BCUT2D eigenvalue weighted by atomic mass is 9.91. The number of rotatable bonds is 10. The highest BCUT2D eigenvalue weighted by atomic mass is 19.3. The molecule has 8 heteroatoms. The van der Waals surface area contributed by atoms with Gasteiger partial charge in [-0.15, -0.1) is 0 Å². The number of aldehydes is 1. The third-order valence-electron chi connectivity index (χ3n) is 5.60. The number of carbonyl (C=O) groups is 1. The number of benzene rings is 1. The van der Waals surface area contributed by atoms with Crippen LogP contribution in [0.3, 0.4) is 0 Å². The molecule has 0 saturated carbocycles. The Bertz CT molecular complexity index is 902. The molecule has 0 spiro atoms. The molecule has 2 rings (SSSR count). The molecule has 0 fully saturated rings. The Morgan fingerprint density at radius 3 is 1.76 bits per heavy atom. The van der Waals surface area contributed by atoms with Crippen LogP contribution in [0.4, 0.5) is 13.2 Å². The zero-order valence-electron chi connectivity index (χ0n) is 31.4. The Hall–Kier alpha value is -2.45. The molecule has 0 atom stereocenters. The van der Waals surface area contributed by atoms with E-state index in [1.807, 2.05) is 52.8 Å². The number of halogens is 3. The number of hydrogen-bond donors (Lipinski definition) is 2. The largest absolute Gasteiger partial charge is 0.417 e. The van der Waals surface area contributed by atoms with Gasteiger partial charge in [0.1, 0.15) is 12.1 Å². The van der Waals surface area contributed by atoms with Crippen LogP contribution in [-0.4, -0.2) is 35.6 Å². The molecule has 0 unspecified atom stereocenters. The number of aliphatic hydroxyl groups is 1. The SMILES string of the molecule is CC.CC.CC(C)C.CC=O.CCCC(C)(CCC)NC.CCCc1cc(OC(F)F)ncc1F.Cc1ccc(CO)cc1C. The highest BCUT2D eigenvalue weighted by Crippen LogP contribution is 2.18. The smallest absolute Gasteiger partial charge is 0.388 e. The lowest BCUT2D eigenvalue weighted by molar-refractivity contribution is -0.106. The van der Waals surface area contributed by atoms with E-state index in [1.165, 1.54) is 49.8 Å². The second-order valence-electron chi connectivity index (χ2n) is 10.6. The van der Waals surface area contributed by atoms with Crippen LogP contribution in [0.25, 0.3) is 0 Å². The molecule has 266 valence electrons. The number of aliphatic hydroxyl groups excluding tert-OH is 1. The van der Waals surface area contributed by atoms with Gasteiger partial charge in [0.25, 0.3) is 0 Å². The van der Waals surface area contributed by atoms with Gasteiger partial charge in [0.2, 0.25) is 5.88 Å². The number of aryl methyl sites for hydroxylation is 3. The van der Waals surface area contributed by atoms with Gasteiger partial charge in [-0.05, 0) is 82.2 Å². The fourth-order valence-corrected chi connectivity index (χ4v) is 3.46. The molecule has 45 heavy (non-hydrogen) atoms. The van der Waals surface area contributed by atoms with Crippen molar-refractivity contribution >= 4 is 6.29 Å². The number of alkyl halides is 2. The Balaban J connectivity index is -0.000000155. The normalized spacial score (nSPS) is 9.53. The summed E-state index contributed by atoms with van der Waals surface area (Å²) in [4.78, 5) is 12.2. The molecule has 0 saturated heterocycles. The van der Waals surface area contributed by atoms with E-state index in [9.17, 15) is 13.2 Å². The molecular weight excluding hydrogens is 577 g/mol. The van der Waals surface area contributed by atoms with Crippen molar-refractivity contribution in [3.8, 4) is 5.88 Å². The molecule has 1 aromatic heterocycles. The maximum atomic E-state index is 13.0. The highest BCUT2D eigenvalue weighted by Gasteiger charge is 2.18. The van der Waals surface area contributed by atoms with Crippen molar-refractivity contribution in [2.24, 2.45) is 5.92 Å². The number of nitrogens with zero attached hydrogens (tertiary/aromatic N) is 1. The fraction of sp³-hybridized carbons (Fsp3) is 0.676. The molecule has 2 aromatic rings. The van der Waals surface area contributed by atoms with Gasteiger partial charge in [0, 0.05) is 11.6 Å². The third-order valence-corrected chi connectivity index (χ3v) is 5.60. The molecule has 0 aliphatic heterocycles. The van der Waals surface area contributed by atoms with Gasteiger partial charge in [0.15, 0.2) is 0 Å². The first kappa shape index (κ1) is 52.1. The minimum absolute atomic E-state index is 0.140. The first-order chi connectivity index (χ1) is 21.2. The summed E-state index contributed by atoms with van der Waals surface area (Å²) >= 11 is 0. The van der Waals surface area contributed by atoms with Gasteiger partial charge >= 0.3 is 6.61 Å². The van der Waals surface area contributed by atoms with Crippen LogP contribution in [0.2, 0.25) is 0 Å². The summed E-state index contributed by atoms with van der Waals surface area (Å²) in [5.41, 5.74) is 4.24. The molecule has 1 heterocycles. The number of nitrogens with one attached hydrogen (secondary N) is 1. The van der Waals surface area contributed by atoms with E-state index in [4.69, 9.17) is 9.90 Å². The molecule has 0 bridgehead atoms. The average molecular weight is 647 g/mol. The van der Waals surface area contributed by atoms with Crippen molar-refractivity contribution in [3.63, 3.8) is 0 Å². The lowest BCUT2D eigenvalue weighted by Gasteiger charge is -2.28. The lowest BCUT2D eigenvalue weighted by Crippen LogP contribution is -2.39. The number of aromatic nitrogens is 1. The molecule has 2 N–H and O–H groups in total. The van der Waals surface area contributed by atoms with E-state index < -0.39 is 12.4 Å². The summed E-state index contributed by atoms with van der Waals surface area (Å²) in [6, 6.07) is 7.18. The van der Waals surface area contributed by atoms with Gasteiger partial charge < -0.3 is 20.0 Å². The highest BCUT2D eigenvalue weighted by molar-refractivity contribution is 5.44. The maximum absolute atomic E-state index is 13.0. The zero-order chi connectivity index (χ0) is 36.4. The van der Waals surface area contributed by atoms with Crippen LogP contribution in [0, 0.1) is 25.6 Å². The molecule has 0 amide bonds. The topological polar surface area (TPSA) is 71.5 Å². The van der Waals surface area contributed by atoms with Crippen molar-refractivity contribution < 1.29 is 27.8 Å².